The molecule has 2 heterocycles. The number of hydrogen-bond donors (Lipinski definition) is 0. The van der Waals surface area contributed by atoms with Crippen LogP contribution in [0.5, 0.6) is 0 Å². The number of fused-ring (bicyclic) bond motifs is 1. The Labute approximate surface area is 168 Å². The van der Waals surface area contributed by atoms with Gasteiger partial charge in [0.2, 0.25) is 0 Å². The highest BCUT2D eigenvalue weighted by Gasteiger charge is 2.25. The molecule has 0 radical (unpaired) electrons. The van der Waals surface area contributed by atoms with Crippen molar-refractivity contribution in [3.63, 3.8) is 0 Å². The maximum Gasteiger partial charge on any atom is 0.263 e. The molecule has 0 fully saturated rings. The van der Waals surface area contributed by atoms with Crippen LogP contribution in [0, 0.1) is 27.7 Å². The van der Waals surface area contributed by atoms with Crippen LogP contribution in [-0.2, 0) is 6.54 Å². The zero-order valence-electron chi connectivity index (χ0n) is 16.4. The molecule has 0 aliphatic rings. The Hall–Kier alpha value is -2.92. The SMILES string of the molecule is Cc1cc(C)c2nc(N(Cc3ccccc3)C(=O)c3cc(C)oc3C)sc2c1. The van der Waals surface area contributed by atoms with E-state index in [1.54, 1.807) is 22.3 Å². The Morgan fingerprint density at radius 2 is 1.82 bits per heavy atom. The summed E-state index contributed by atoms with van der Waals surface area (Å²) in [6, 6.07) is 16.0. The number of aryl methyl sites for hydroxylation is 4. The van der Waals surface area contributed by atoms with Crippen LogP contribution in [0.4, 0.5) is 5.13 Å². The molecule has 1 amide bonds. The maximum absolute atomic E-state index is 13.4. The van der Waals surface area contributed by atoms with E-state index >= 15 is 0 Å². The summed E-state index contributed by atoms with van der Waals surface area (Å²) in [6.07, 6.45) is 0. The molecule has 2 aromatic heterocycles. The maximum atomic E-state index is 13.4. The molecule has 0 aliphatic carbocycles. The van der Waals surface area contributed by atoms with Crippen molar-refractivity contribution in [2.75, 3.05) is 4.90 Å². The van der Waals surface area contributed by atoms with Crippen LogP contribution in [0.15, 0.2) is 52.9 Å². The number of rotatable bonds is 4. The number of anilines is 1. The Morgan fingerprint density at radius 3 is 2.50 bits per heavy atom. The molecule has 4 nitrogen and oxygen atoms in total. The zero-order chi connectivity index (χ0) is 19.8. The summed E-state index contributed by atoms with van der Waals surface area (Å²) in [4.78, 5) is 20.0. The van der Waals surface area contributed by atoms with E-state index in [0.717, 1.165) is 27.1 Å². The normalized spacial score (nSPS) is 11.1. The second kappa shape index (κ2) is 7.24. The fourth-order valence-electron chi connectivity index (χ4n) is 3.46. The predicted molar refractivity (Wildman–Crippen MR) is 114 cm³/mol. The lowest BCUT2D eigenvalue weighted by atomic mass is 10.1. The first kappa shape index (κ1) is 18.4. The molecule has 0 aliphatic heterocycles. The van der Waals surface area contributed by atoms with Gasteiger partial charge in [0.05, 0.1) is 22.3 Å². The van der Waals surface area contributed by atoms with Gasteiger partial charge in [-0.3, -0.25) is 9.69 Å². The molecule has 0 atom stereocenters. The average Bonchev–Trinajstić information content (AvgIpc) is 3.22. The van der Waals surface area contributed by atoms with E-state index in [-0.39, 0.29) is 5.91 Å². The summed E-state index contributed by atoms with van der Waals surface area (Å²) in [6.45, 7) is 8.28. The van der Waals surface area contributed by atoms with Crippen LogP contribution < -0.4 is 4.90 Å². The summed E-state index contributed by atoms with van der Waals surface area (Å²) in [5.41, 5.74) is 4.92. The first-order valence-corrected chi connectivity index (χ1v) is 10.0. The lowest BCUT2D eigenvalue weighted by molar-refractivity contribution is 0.0983. The molecule has 5 heteroatoms. The van der Waals surface area contributed by atoms with E-state index in [0.29, 0.717) is 23.0 Å². The van der Waals surface area contributed by atoms with Gasteiger partial charge < -0.3 is 4.42 Å². The van der Waals surface area contributed by atoms with Crippen molar-refractivity contribution < 1.29 is 9.21 Å². The molecule has 0 saturated carbocycles. The first-order valence-electron chi connectivity index (χ1n) is 9.23. The molecule has 142 valence electrons. The number of carbonyl (C=O) groups excluding carboxylic acids is 1. The van der Waals surface area contributed by atoms with Crippen molar-refractivity contribution in [2.24, 2.45) is 0 Å². The number of amides is 1. The molecule has 0 spiro atoms. The molecule has 0 bridgehead atoms. The van der Waals surface area contributed by atoms with E-state index in [1.165, 1.54) is 5.56 Å². The highest BCUT2D eigenvalue weighted by atomic mass is 32.1. The largest absolute Gasteiger partial charge is 0.466 e. The molecular weight excluding hydrogens is 368 g/mol. The second-order valence-electron chi connectivity index (χ2n) is 7.13. The molecule has 0 saturated heterocycles. The van der Waals surface area contributed by atoms with Crippen LogP contribution in [0.2, 0.25) is 0 Å². The van der Waals surface area contributed by atoms with Gasteiger partial charge in [0.25, 0.3) is 5.91 Å². The zero-order valence-corrected chi connectivity index (χ0v) is 17.3. The van der Waals surface area contributed by atoms with Crippen LogP contribution in [0.3, 0.4) is 0 Å². The number of furan rings is 1. The van der Waals surface area contributed by atoms with Gasteiger partial charge in [0.15, 0.2) is 5.13 Å². The highest BCUT2D eigenvalue weighted by Crippen LogP contribution is 2.33. The number of aromatic nitrogens is 1. The average molecular weight is 391 g/mol. The van der Waals surface area contributed by atoms with Gasteiger partial charge >= 0.3 is 0 Å². The number of nitrogens with zero attached hydrogens (tertiary/aromatic N) is 2. The quantitative estimate of drug-likeness (QED) is 0.431. The minimum atomic E-state index is -0.0911. The fourth-order valence-corrected chi connectivity index (χ4v) is 4.59. The van der Waals surface area contributed by atoms with Crippen molar-refractivity contribution in [3.8, 4) is 0 Å². The molecular formula is C23H22N2O2S. The van der Waals surface area contributed by atoms with Gasteiger partial charge in [0, 0.05) is 0 Å². The van der Waals surface area contributed by atoms with Crippen LogP contribution in [-0.4, -0.2) is 10.9 Å². The summed E-state index contributed by atoms with van der Waals surface area (Å²) in [5, 5.41) is 0.704. The van der Waals surface area contributed by atoms with Gasteiger partial charge in [-0.2, -0.15) is 0 Å². The predicted octanol–water partition coefficient (Wildman–Crippen LogP) is 5.97. The van der Waals surface area contributed by atoms with Crippen molar-refractivity contribution in [1.29, 1.82) is 0 Å². The minimum Gasteiger partial charge on any atom is -0.466 e. The summed E-state index contributed by atoms with van der Waals surface area (Å²) in [5.74, 6) is 1.27. The molecule has 0 unspecified atom stereocenters. The molecule has 4 aromatic rings. The lowest BCUT2D eigenvalue weighted by Crippen LogP contribution is -2.30. The van der Waals surface area contributed by atoms with E-state index in [1.807, 2.05) is 44.2 Å². The monoisotopic (exact) mass is 390 g/mol. The van der Waals surface area contributed by atoms with Crippen LogP contribution >= 0.6 is 11.3 Å². The van der Waals surface area contributed by atoms with E-state index in [9.17, 15) is 4.79 Å². The van der Waals surface area contributed by atoms with Gasteiger partial charge in [-0.1, -0.05) is 47.7 Å². The van der Waals surface area contributed by atoms with Crippen molar-refractivity contribution in [2.45, 2.75) is 34.2 Å². The van der Waals surface area contributed by atoms with E-state index < -0.39 is 0 Å². The van der Waals surface area contributed by atoms with Gasteiger partial charge in [0.1, 0.15) is 11.5 Å². The number of hydrogen-bond acceptors (Lipinski definition) is 4. The summed E-state index contributed by atoms with van der Waals surface area (Å²) >= 11 is 1.55. The van der Waals surface area contributed by atoms with Gasteiger partial charge in [-0.05, 0) is 56.5 Å². The third kappa shape index (κ3) is 3.45. The number of carbonyl (C=O) groups is 1. The Balaban J connectivity index is 1.82. The Morgan fingerprint density at radius 1 is 1.07 bits per heavy atom. The molecule has 2 aromatic carbocycles. The summed E-state index contributed by atoms with van der Waals surface area (Å²) in [7, 11) is 0. The summed E-state index contributed by atoms with van der Waals surface area (Å²) < 4.78 is 6.70. The molecule has 4 rings (SSSR count). The van der Waals surface area contributed by atoms with Gasteiger partial charge in [-0.25, -0.2) is 4.98 Å². The fraction of sp³-hybridized carbons (Fsp3) is 0.217. The minimum absolute atomic E-state index is 0.0911. The third-order valence-corrected chi connectivity index (χ3v) is 5.77. The van der Waals surface area contributed by atoms with Crippen molar-refractivity contribution >= 4 is 32.6 Å². The molecule has 28 heavy (non-hydrogen) atoms. The lowest BCUT2D eigenvalue weighted by Gasteiger charge is -2.19. The standard InChI is InChI=1S/C23H22N2O2S/c1-14-10-15(2)21-20(11-14)28-23(24-21)25(13-18-8-6-5-7-9-18)22(26)19-12-16(3)27-17(19)4/h5-12H,13H2,1-4H3. The highest BCUT2D eigenvalue weighted by molar-refractivity contribution is 7.22. The Kier molecular flexibility index (Phi) is 4.77. The van der Waals surface area contributed by atoms with Gasteiger partial charge in [-0.15, -0.1) is 0 Å². The molecule has 0 N–H and O–H groups in total. The topological polar surface area (TPSA) is 46.3 Å². The number of benzene rings is 2. The van der Waals surface area contributed by atoms with E-state index in [4.69, 9.17) is 9.40 Å². The third-order valence-electron chi connectivity index (χ3n) is 4.75. The second-order valence-corrected chi connectivity index (χ2v) is 8.14. The Bertz CT molecular complexity index is 1160. The van der Waals surface area contributed by atoms with E-state index in [2.05, 4.69) is 26.0 Å². The van der Waals surface area contributed by atoms with Crippen molar-refractivity contribution in [3.05, 3.63) is 82.3 Å². The van der Waals surface area contributed by atoms with Crippen LogP contribution in [0.25, 0.3) is 10.2 Å². The smallest absolute Gasteiger partial charge is 0.263 e. The number of thiazole rings is 1. The van der Waals surface area contributed by atoms with Crippen LogP contribution in [0.1, 0.15) is 38.6 Å². The first-order chi connectivity index (χ1) is 13.4. The van der Waals surface area contributed by atoms with Crippen molar-refractivity contribution in [1.82, 2.24) is 4.98 Å².